The molecule has 0 aromatic heterocycles. The van der Waals surface area contributed by atoms with Gasteiger partial charge in [-0.15, -0.1) is 0 Å². The Morgan fingerprint density at radius 2 is 1.89 bits per heavy atom. The van der Waals surface area contributed by atoms with Crippen LogP contribution in [-0.2, 0) is 14.3 Å². The summed E-state index contributed by atoms with van der Waals surface area (Å²) >= 11 is 1.74. The van der Waals surface area contributed by atoms with Crippen molar-refractivity contribution >= 4 is 23.6 Å². The van der Waals surface area contributed by atoms with E-state index in [9.17, 15) is 9.59 Å². The zero-order valence-electron chi connectivity index (χ0n) is 12.9. The fourth-order valence-corrected chi connectivity index (χ4v) is 2.36. The van der Waals surface area contributed by atoms with Gasteiger partial charge in [0, 0.05) is 6.04 Å². The summed E-state index contributed by atoms with van der Waals surface area (Å²) in [4.78, 5) is 24.2. The van der Waals surface area contributed by atoms with Gasteiger partial charge >= 0.3 is 5.97 Å². The molecule has 0 radical (unpaired) electrons. The lowest BCUT2D eigenvalue weighted by Crippen LogP contribution is -2.46. The molecule has 1 amide bonds. The van der Waals surface area contributed by atoms with E-state index in [2.05, 4.69) is 5.32 Å². The highest BCUT2D eigenvalue weighted by atomic mass is 32.2. The summed E-state index contributed by atoms with van der Waals surface area (Å²) in [6, 6.07) is 0.0687. The molecule has 0 saturated heterocycles. The number of ether oxygens (including phenoxy) is 1. The number of hydrogen-bond acceptors (Lipinski definition) is 4. The quantitative estimate of drug-likeness (QED) is 0.578. The first-order valence-corrected chi connectivity index (χ1v) is 8.09. The van der Waals surface area contributed by atoms with Gasteiger partial charge in [-0.1, -0.05) is 20.8 Å². The number of hydrogen-bond donors (Lipinski definition) is 1. The topological polar surface area (TPSA) is 55.4 Å². The molecule has 4 nitrogen and oxygen atoms in total. The molecule has 0 fully saturated rings. The van der Waals surface area contributed by atoms with Crippen LogP contribution in [-0.4, -0.2) is 36.5 Å². The predicted octanol–water partition coefficient (Wildman–Crippen LogP) is 2.47. The van der Waals surface area contributed by atoms with Crippen LogP contribution in [0.1, 0.15) is 41.0 Å². The summed E-state index contributed by atoms with van der Waals surface area (Å²) in [5.74, 6) is -0.450. The lowest BCUT2D eigenvalue weighted by Gasteiger charge is -2.28. The van der Waals surface area contributed by atoms with Gasteiger partial charge in [-0.05, 0) is 37.7 Å². The third-order valence-corrected chi connectivity index (χ3v) is 3.44. The second kappa shape index (κ2) is 8.46. The number of rotatable bonds is 7. The van der Waals surface area contributed by atoms with E-state index >= 15 is 0 Å². The summed E-state index contributed by atoms with van der Waals surface area (Å²) in [6.07, 6.45) is 2.93. The fraction of sp³-hybridized carbons (Fsp3) is 0.857. The molecule has 0 spiro atoms. The van der Waals surface area contributed by atoms with Crippen LogP contribution in [0.25, 0.3) is 0 Å². The Hall–Kier alpha value is -0.710. The molecule has 2 unspecified atom stereocenters. The maximum Gasteiger partial charge on any atom is 0.319 e. The van der Waals surface area contributed by atoms with Crippen LogP contribution in [0.2, 0.25) is 0 Å². The van der Waals surface area contributed by atoms with Crippen LogP contribution in [0.4, 0.5) is 0 Å². The molecule has 5 heteroatoms. The van der Waals surface area contributed by atoms with Crippen LogP contribution < -0.4 is 5.32 Å². The van der Waals surface area contributed by atoms with Gasteiger partial charge in [-0.25, -0.2) is 0 Å². The first kappa shape index (κ1) is 18.3. The summed E-state index contributed by atoms with van der Waals surface area (Å²) in [5, 5.41) is 2.91. The predicted molar refractivity (Wildman–Crippen MR) is 80.2 cm³/mol. The van der Waals surface area contributed by atoms with Crippen LogP contribution in [0.3, 0.4) is 0 Å². The lowest BCUT2D eigenvalue weighted by molar-refractivity contribution is -0.156. The molecule has 0 aliphatic carbocycles. The van der Waals surface area contributed by atoms with Crippen molar-refractivity contribution in [1.82, 2.24) is 5.32 Å². The largest absolute Gasteiger partial charge is 0.465 e. The molecular weight excluding hydrogens is 262 g/mol. The summed E-state index contributed by atoms with van der Waals surface area (Å²) < 4.78 is 5.01. The molecule has 0 aromatic carbocycles. The maximum atomic E-state index is 12.3. The van der Waals surface area contributed by atoms with Crippen molar-refractivity contribution in [1.29, 1.82) is 0 Å². The van der Waals surface area contributed by atoms with Crippen molar-refractivity contribution in [2.45, 2.75) is 47.1 Å². The highest BCUT2D eigenvalue weighted by Gasteiger charge is 2.39. The molecule has 0 heterocycles. The van der Waals surface area contributed by atoms with Crippen molar-refractivity contribution < 1.29 is 14.3 Å². The van der Waals surface area contributed by atoms with Gasteiger partial charge in [-0.3, -0.25) is 9.59 Å². The Labute approximate surface area is 121 Å². The molecule has 0 saturated carbocycles. The summed E-state index contributed by atoms with van der Waals surface area (Å²) in [6.45, 7) is 9.62. The first-order chi connectivity index (χ1) is 8.73. The summed E-state index contributed by atoms with van der Waals surface area (Å²) in [7, 11) is 0. The number of carbonyl (C=O) groups excluding carboxylic acids is 2. The first-order valence-electron chi connectivity index (χ1n) is 6.70. The average Bonchev–Trinajstić information content (AvgIpc) is 2.24. The molecule has 112 valence electrons. The van der Waals surface area contributed by atoms with Gasteiger partial charge in [0.25, 0.3) is 0 Å². The van der Waals surface area contributed by atoms with Crippen molar-refractivity contribution in [2.24, 2.45) is 11.3 Å². The van der Waals surface area contributed by atoms with E-state index in [0.717, 1.165) is 12.2 Å². The van der Waals surface area contributed by atoms with Crippen LogP contribution in [0.15, 0.2) is 0 Å². The number of carbonyl (C=O) groups is 2. The SMILES string of the molecule is CCOC(=O)C(C(=O)NC(C)CCSC)C(C)(C)C. The standard InChI is InChI=1S/C14H27NO3S/c1-7-18-13(17)11(14(3,4)5)12(16)15-10(2)8-9-19-6/h10-11H,7-9H2,1-6H3,(H,15,16). The third kappa shape index (κ3) is 6.85. The van der Waals surface area contributed by atoms with Crippen LogP contribution >= 0.6 is 11.8 Å². The molecular formula is C14H27NO3S. The zero-order chi connectivity index (χ0) is 15.1. The molecule has 1 N–H and O–H groups in total. The van der Waals surface area contributed by atoms with Crippen molar-refractivity contribution in [3.05, 3.63) is 0 Å². The molecule has 2 atom stereocenters. The smallest absolute Gasteiger partial charge is 0.319 e. The Kier molecular flexibility index (Phi) is 8.14. The number of amides is 1. The Morgan fingerprint density at radius 3 is 2.32 bits per heavy atom. The van der Waals surface area contributed by atoms with Crippen LogP contribution in [0, 0.1) is 11.3 Å². The van der Waals surface area contributed by atoms with Crippen molar-refractivity contribution in [3.8, 4) is 0 Å². The minimum atomic E-state index is -0.760. The Morgan fingerprint density at radius 1 is 1.32 bits per heavy atom. The van der Waals surface area contributed by atoms with Crippen molar-refractivity contribution in [3.63, 3.8) is 0 Å². The van der Waals surface area contributed by atoms with Gasteiger partial charge in [0.1, 0.15) is 5.92 Å². The molecule has 0 aliphatic rings. The third-order valence-electron chi connectivity index (χ3n) is 2.79. The minimum absolute atomic E-state index is 0.0687. The van der Waals surface area contributed by atoms with E-state index < -0.39 is 17.3 Å². The van der Waals surface area contributed by atoms with Crippen LogP contribution in [0.5, 0.6) is 0 Å². The number of esters is 1. The van der Waals surface area contributed by atoms with Gasteiger partial charge in [-0.2, -0.15) is 11.8 Å². The van der Waals surface area contributed by atoms with Crippen molar-refractivity contribution in [2.75, 3.05) is 18.6 Å². The second-order valence-corrected chi connectivity index (χ2v) is 6.73. The Bertz CT molecular complexity index is 300. The monoisotopic (exact) mass is 289 g/mol. The summed E-state index contributed by atoms with van der Waals surface area (Å²) in [5.41, 5.74) is -0.449. The minimum Gasteiger partial charge on any atom is -0.465 e. The lowest BCUT2D eigenvalue weighted by atomic mass is 9.80. The molecule has 0 aromatic rings. The van der Waals surface area contributed by atoms with Gasteiger partial charge in [0.15, 0.2) is 0 Å². The van der Waals surface area contributed by atoms with E-state index in [-0.39, 0.29) is 11.9 Å². The normalized spacial score (nSPS) is 14.6. The fourth-order valence-electron chi connectivity index (χ4n) is 1.77. The molecule has 19 heavy (non-hydrogen) atoms. The van der Waals surface area contributed by atoms with Gasteiger partial charge < -0.3 is 10.1 Å². The van der Waals surface area contributed by atoms with E-state index in [4.69, 9.17) is 4.74 Å². The highest BCUT2D eigenvalue weighted by Crippen LogP contribution is 2.27. The average molecular weight is 289 g/mol. The Balaban J connectivity index is 4.69. The van der Waals surface area contributed by atoms with E-state index in [1.807, 2.05) is 34.0 Å². The zero-order valence-corrected chi connectivity index (χ0v) is 13.7. The molecule has 0 bridgehead atoms. The number of nitrogens with one attached hydrogen (secondary N) is 1. The number of thioether (sulfide) groups is 1. The van der Waals surface area contributed by atoms with E-state index in [0.29, 0.717) is 6.61 Å². The van der Waals surface area contributed by atoms with Gasteiger partial charge in [0.2, 0.25) is 5.91 Å². The van der Waals surface area contributed by atoms with E-state index in [1.54, 1.807) is 18.7 Å². The molecule has 0 aliphatic heterocycles. The molecule has 0 rings (SSSR count). The maximum absolute atomic E-state index is 12.3. The van der Waals surface area contributed by atoms with Gasteiger partial charge in [0.05, 0.1) is 6.61 Å². The van der Waals surface area contributed by atoms with E-state index in [1.165, 1.54) is 0 Å². The highest BCUT2D eigenvalue weighted by molar-refractivity contribution is 7.98. The second-order valence-electron chi connectivity index (χ2n) is 5.74.